The first-order valence-electron chi connectivity index (χ1n) is 5.90. The summed E-state index contributed by atoms with van der Waals surface area (Å²) in [6, 6.07) is 1.97. The first-order valence-corrected chi connectivity index (χ1v) is 7.12. The fraction of sp³-hybridized carbons (Fsp3) is 0.417. The topological polar surface area (TPSA) is 47.8 Å². The highest BCUT2D eigenvalue weighted by molar-refractivity contribution is 7.98. The van der Waals surface area contributed by atoms with Gasteiger partial charge in [0.15, 0.2) is 5.16 Å². The molecule has 0 aliphatic rings. The summed E-state index contributed by atoms with van der Waals surface area (Å²) >= 11 is 1.49. The molecule has 6 heteroatoms. The zero-order chi connectivity index (χ0) is 13.4. The van der Waals surface area contributed by atoms with E-state index in [1.54, 1.807) is 4.57 Å². The number of hydrogen-bond acceptors (Lipinski definition) is 4. The standard InChI is InChI=1S/C12H16BN3OS/c1-6(2)16-10-8(5-9(13)11(16)17)7(3)14-12(15-10)18-4/h5-6H,13H2,1-4H3. The molecule has 0 aliphatic heterocycles. The van der Waals surface area contributed by atoms with Crippen LogP contribution in [0.15, 0.2) is 16.0 Å². The monoisotopic (exact) mass is 261 g/mol. The summed E-state index contributed by atoms with van der Waals surface area (Å²) in [4.78, 5) is 21.2. The van der Waals surface area contributed by atoms with Gasteiger partial charge in [-0.3, -0.25) is 9.36 Å². The van der Waals surface area contributed by atoms with E-state index in [9.17, 15) is 4.79 Å². The van der Waals surface area contributed by atoms with Gasteiger partial charge in [0, 0.05) is 11.4 Å². The summed E-state index contributed by atoms with van der Waals surface area (Å²) in [6.07, 6.45) is 1.94. The molecule has 0 aliphatic carbocycles. The predicted molar refractivity (Wildman–Crippen MR) is 78.9 cm³/mol. The second kappa shape index (κ2) is 4.76. The Morgan fingerprint density at radius 3 is 2.61 bits per heavy atom. The maximum atomic E-state index is 12.2. The normalized spacial score (nSPS) is 11.4. The fourth-order valence-corrected chi connectivity index (χ4v) is 2.43. The second-order valence-electron chi connectivity index (χ2n) is 4.63. The highest BCUT2D eigenvalue weighted by atomic mass is 32.2. The summed E-state index contributed by atoms with van der Waals surface area (Å²) in [6.45, 7) is 5.95. The maximum absolute atomic E-state index is 12.2. The van der Waals surface area contributed by atoms with Gasteiger partial charge in [0.1, 0.15) is 13.5 Å². The van der Waals surface area contributed by atoms with Gasteiger partial charge in [0.2, 0.25) is 5.56 Å². The van der Waals surface area contributed by atoms with Crippen LogP contribution >= 0.6 is 11.8 Å². The van der Waals surface area contributed by atoms with E-state index in [1.165, 1.54) is 11.8 Å². The summed E-state index contributed by atoms with van der Waals surface area (Å²) in [7, 11) is 1.84. The molecule has 0 unspecified atom stereocenters. The van der Waals surface area contributed by atoms with Crippen LogP contribution in [0.4, 0.5) is 0 Å². The van der Waals surface area contributed by atoms with E-state index < -0.39 is 0 Å². The SMILES string of the molecule is Bc1cc2c(C)nc(SC)nc2n(C(C)C)c1=O. The summed E-state index contributed by atoms with van der Waals surface area (Å²) < 4.78 is 1.75. The molecule has 2 aromatic heterocycles. The number of hydrogen-bond donors (Lipinski definition) is 0. The molecule has 0 fully saturated rings. The van der Waals surface area contributed by atoms with Crippen LogP contribution in [-0.4, -0.2) is 28.6 Å². The average Bonchev–Trinajstić information content (AvgIpc) is 2.31. The summed E-state index contributed by atoms with van der Waals surface area (Å²) in [5, 5.41) is 1.66. The van der Waals surface area contributed by atoms with E-state index in [1.807, 2.05) is 40.9 Å². The molecule has 0 N–H and O–H groups in total. The van der Waals surface area contributed by atoms with Gasteiger partial charge in [-0.15, -0.1) is 0 Å². The third-order valence-electron chi connectivity index (χ3n) is 2.94. The molecule has 0 aromatic carbocycles. The molecule has 0 saturated heterocycles. The zero-order valence-corrected chi connectivity index (χ0v) is 12.1. The van der Waals surface area contributed by atoms with E-state index in [4.69, 9.17) is 0 Å². The summed E-state index contributed by atoms with van der Waals surface area (Å²) in [5.74, 6) is 0. The highest BCUT2D eigenvalue weighted by Crippen LogP contribution is 2.19. The van der Waals surface area contributed by atoms with Crippen LogP contribution in [0, 0.1) is 6.92 Å². The van der Waals surface area contributed by atoms with Crippen molar-refractivity contribution in [1.82, 2.24) is 14.5 Å². The van der Waals surface area contributed by atoms with Crippen molar-refractivity contribution in [3.63, 3.8) is 0 Å². The van der Waals surface area contributed by atoms with Gasteiger partial charge in [-0.1, -0.05) is 17.8 Å². The third-order valence-corrected chi connectivity index (χ3v) is 3.49. The Balaban J connectivity index is 2.98. The fourth-order valence-electron chi connectivity index (χ4n) is 2.03. The lowest BCUT2D eigenvalue weighted by Crippen LogP contribution is -2.36. The first-order chi connectivity index (χ1) is 8.45. The first kappa shape index (κ1) is 13.1. The van der Waals surface area contributed by atoms with E-state index in [-0.39, 0.29) is 11.6 Å². The molecule has 0 saturated carbocycles. The molecule has 4 nitrogen and oxygen atoms in total. The van der Waals surface area contributed by atoms with Crippen molar-refractivity contribution in [3.05, 3.63) is 22.1 Å². The molecular weight excluding hydrogens is 245 g/mol. The minimum Gasteiger partial charge on any atom is -0.291 e. The van der Waals surface area contributed by atoms with Crippen molar-refractivity contribution in [2.75, 3.05) is 6.26 Å². The van der Waals surface area contributed by atoms with E-state index in [2.05, 4.69) is 9.97 Å². The Hall–Kier alpha value is -1.30. The maximum Gasteiger partial charge on any atom is 0.245 e. The molecule has 0 bridgehead atoms. The second-order valence-corrected chi connectivity index (χ2v) is 5.40. The molecule has 18 heavy (non-hydrogen) atoms. The van der Waals surface area contributed by atoms with Gasteiger partial charge in [-0.05, 0) is 32.5 Å². The van der Waals surface area contributed by atoms with Gasteiger partial charge in [-0.2, -0.15) is 0 Å². The third kappa shape index (κ3) is 2.05. The van der Waals surface area contributed by atoms with E-state index >= 15 is 0 Å². The number of fused-ring (bicyclic) bond motifs is 1. The molecule has 0 amide bonds. The van der Waals surface area contributed by atoms with Gasteiger partial charge in [0.25, 0.3) is 0 Å². The highest BCUT2D eigenvalue weighted by Gasteiger charge is 2.13. The Labute approximate surface area is 111 Å². The number of aromatic nitrogens is 3. The summed E-state index contributed by atoms with van der Waals surface area (Å²) in [5.41, 5.74) is 2.42. The number of pyridine rings is 1. The van der Waals surface area contributed by atoms with Crippen LogP contribution in [0.3, 0.4) is 0 Å². The molecular formula is C12H16BN3OS. The van der Waals surface area contributed by atoms with Crippen LogP contribution in [-0.2, 0) is 0 Å². The minimum atomic E-state index is 0.0302. The Bertz CT molecular complexity index is 666. The lowest BCUT2D eigenvalue weighted by molar-refractivity contribution is 0.594. The van der Waals surface area contributed by atoms with Crippen molar-refractivity contribution in [1.29, 1.82) is 0 Å². The van der Waals surface area contributed by atoms with Crippen LogP contribution in [0.2, 0.25) is 0 Å². The van der Waals surface area contributed by atoms with Gasteiger partial charge < -0.3 is 0 Å². The van der Waals surface area contributed by atoms with Gasteiger partial charge >= 0.3 is 0 Å². The van der Waals surface area contributed by atoms with Crippen LogP contribution in [0.25, 0.3) is 11.0 Å². The van der Waals surface area contributed by atoms with Gasteiger partial charge in [0.05, 0.1) is 5.69 Å². The predicted octanol–water partition coefficient (Wildman–Crippen LogP) is 0.661. The Morgan fingerprint density at radius 1 is 1.39 bits per heavy atom. The largest absolute Gasteiger partial charge is 0.291 e. The smallest absolute Gasteiger partial charge is 0.245 e. The molecule has 0 atom stereocenters. The zero-order valence-electron chi connectivity index (χ0n) is 11.3. The number of rotatable bonds is 2. The van der Waals surface area contributed by atoms with Crippen LogP contribution in [0.5, 0.6) is 0 Å². The van der Waals surface area contributed by atoms with E-state index in [0.717, 1.165) is 22.2 Å². The van der Waals surface area contributed by atoms with Crippen LogP contribution < -0.4 is 11.0 Å². The molecule has 94 valence electrons. The molecule has 0 radical (unpaired) electrons. The van der Waals surface area contributed by atoms with Gasteiger partial charge in [-0.25, -0.2) is 9.97 Å². The van der Waals surface area contributed by atoms with Crippen LogP contribution in [0.1, 0.15) is 25.6 Å². The van der Waals surface area contributed by atoms with Crippen molar-refractivity contribution < 1.29 is 0 Å². The molecule has 2 heterocycles. The molecule has 2 aromatic rings. The Morgan fingerprint density at radius 2 is 2.06 bits per heavy atom. The molecule has 2 rings (SSSR count). The minimum absolute atomic E-state index is 0.0302. The van der Waals surface area contributed by atoms with Crippen molar-refractivity contribution in [2.45, 2.75) is 32.0 Å². The number of nitrogens with zero attached hydrogens (tertiary/aromatic N) is 3. The van der Waals surface area contributed by atoms with Crippen molar-refractivity contribution in [2.24, 2.45) is 0 Å². The Kier molecular flexibility index (Phi) is 3.48. The average molecular weight is 261 g/mol. The van der Waals surface area contributed by atoms with E-state index in [0.29, 0.717) is 5.16 Å². The van der Waals surface area contributed by atoms with Crippen molar-refractivity contribution >= 4 is 36.1 Å². The lowest BCUT2D eigenvalue weighted by Gasteiger charge is -2.15. The quantitative estimate of drug-likeness (QED) is 0.452. The number of aryl methyl sites for hydroxylation is 1. The lowest BCUT2D eigenvalue weighted by atomic mass is 9.96. The molecule has 0 spiro atoms. The number of thioether (sulfide) groups is 1. The van der Waals surface area contributed by atoms with Crippen molar-refractivity contribution in [3.8, 4) is 0 Å².